The van der Waals surface area contributed by atoms with Crippen molar-refractivity contribution in [2.24, 2.45) is 12.8 Å². The van der Waals surface area contributed by atoms with E-state index in [4.69, 9.17) is 10.5 Å². The van der Waals surface area contributed by atoms with E-state index >= 15 is 0 Å². The van der Waals surface area contributed by atoms with Crippen LogP contribution in [0.5, 0.6) is 0 Å². The summed E-state index contributed by atoms with van der Waals surface area (Å²) in [5, 5.41) is 15.3. The normalized spacial score (nSPS) is 21.3. The Kier molecular flexibility index (Phi) is 10.2. The number of allylic oxidation sites excluding steroid dienone is 4. The number of carbonyl (C=O) groups is 2. The van der Waals surface area contributed by atoms with Gasteiger partial charge in [0.05, 0.1) is 31.1 Å². The standard InChI is InChI=1S/C36H43N9O3S/c1-5-6-27(19-31(37)48-3)33-29-20-28(11-12-30(29)40-41-33)39-35(47)36(49-4)15-18-44(22-36)21-32(46)45-16-13-25(14-17-45)24-7-9-26(10-8-24)34-38-23-43(2)42-34/h5-13,19,23,28H,1,14-18,20-22,37H2,2-4H3,(H,39,47)(H,40,41)/b27-6+,31-19+/t28?,36-/m0/s1. The Bertz CT molecular complexity index is 1840. The third kappa shape index (κ3) is 7.42. The molecule has 12 nitrogen and oxygen atoms in total. The summed E-state index contributed by atoms with van der Waals surface area (Å²) in [5.74, 6) is 1.04. The average Bonchev–Trinajstić information content (AvgIpc) is 3.87. The summed E-state index contributed by atoms with van der Waals surface area (Å²) in [4.78, 5) is 35.6. The smallest absolute Gasteiger partial charge is 0.238 e. The first kappa shape index (κ1) is 34.0. The summed E-state index contributed by atoms with van der Waals surface area (Å²) in [6.07, 6.45) is 17.0. The number of aromatic amines is 1. The second-order valence-corrected chi connectivity index (χ2v) is 13.7. The number of aromatic nitrogens is 5. The number of benzene rings is 1. The molecule has 0 saturated carbocycles. The molecule has 6 rings (SSSR count). The van der Waals surface area contributed by atoms with Crippen molar-refractivity contribution in [3.8, 4) is 11.4 Å². The second-order valence-electron chi connectivity index (χ2n) is 12.5. The summed E-state index contributed by atoms with van der Waals surface area (Å²) in [6, 6.07) is 8.06. The predicted octanol–water partition coefficient (Wildman–Crippen LogP) is 3.40. The molecular formula is C36H43N9O3S. The monoisotopic (exact) mass is 681 g/mol. The number of nitrogens with zero attached hydrogens (tertiary/aromatic N) is 6. The summed E-state index contributed by atoms with van der Waals surface area (Å²) >= 11 is 1.56. The minimum atomic E-state index is -0.636. The van der Waals surface area contributed by atoms with Crippen LogP contribution >= 0.6 is 11.8 Å². The van der Waals surface area contributed by atoms with Crippen LogP contribution in [-0.2, 0) is 27.8 Å². The first-order valence-electron chi connectivity index (χ1n) is 16.3. The molecule has 2 atom stereocenters. The molecular weight excluding hydrogens is 639 g/mol. The lowest BCUT2D eigenvalue weighted by Gasteiger charge is -2.30. The maximum atomic E-state index is 13.8. The Labute approximate surface area is 290 Å². The average molecular weight is 682 g/mol. The number of ether oxygens (including phenoxy) is 1. The fraction of sp³-hybridized carbons (Fsp3) is 0.361. The van der Waals surface area contributed by atoms with Crippen LogP contribution in [0.1, 0.15) is 35.4 Å². The minimum absolute atomic E-state index is 0.0149. The van der Waals surface area contributed by atoms with Crippen LogP contribution in [0.3, 0.4) is 0 Å². The molecule has 49 heavy (non-hydrogen) atoms. The number of rotatable bonds is 11. The van der Waals surface area contributed by atoms with Gasteiger partial charge in [0.25, 0.3) is 0 Å². The molecule has 2 aromatic heterocycles. The number of likely N-dealkylation sites (tertiary alicyclic amines) is 1. The number of aryl methyl sites for hydroxylation is 1. The van der Waals surface area contributed by atoms with Crippen LogP contribution in [0.2, 0.25) is 0 Å². The third-order valence-corrected chi connectivity index (χ3v) is 10.7. The number of hydrogen-bond donors (Lipinski definition) is 3. The van der Waals surface area contributed by atoms with E-state index in [0.717, 1.165) is 40.1 Å². The molecule has 3 aliphatic rings. The fourth-order valence-corrected chi connectivity index (χ4v) is 7.44. The topological polar surface area (TPSA) is 147 Å². The number of methoxy groups -OCH3 is 1. The second kappa shape index (κ2) is 14.7. The van der Waals surface area contributed by atoms with Gasteiger partial charge >= 0.3 is 0 Å². The number of nitrogens with two attached hydrogens (primary N) is 1. The Morgan fingerprint density at radius 1 is 1.24 bits per heavy atom. The van der Waals surface area contributed by atoms with Crippen LogP contribution in [0.4, 0.5) is 0 Å². The predicted molar refractivity (Wildman–Crippen MR) is 194 cm³/mol. The number of H-pyrrole nitrogens is 1. The van der Waals surface area contributed by atoms with E-state index in [-0.39, 0.29) is 23.7 Å². The Morgan fingerprint density at radius 2 is 2.04 bits per heavy atom. The third-order valence-electron chi connectivity index (χ3n) is 9.39. The van der Waals surface area contributed by atoms with Crippen LogP contribution in [-0.4, -0.2) is 103 Å². The molecule has 1 saturated heterocycles. The van der Waals surface area contributed by atoms with E-state index < -0.39 is 4.75 Å². The first-order chi connectivity index (χ1) is 23.7. The van der Waals surface area contributed by atoms with Gasteiger partial charge in [-0.25, -0.2) is 4.98 Å². The van der Waals surface area contributed by atoms with Crippen LogP contribution in [0.15, 0.2) is 73.4 Å². The van der Waals surface area contributed by atoms with Crippen molar-refractivity contribution in [2.45, 2.75) is 30.1 Å². The van der Waals surface area contributed by atoms with Crippen molar-refractivity contribution in [1.82, 2.24) is 40.1 Å². The minimum Gasteiger partial charge on any atom is -0.483 e. The maximum absolute atomic E-state index is 13.8. The molecule has 256 valence electrons. The fourth-order valence-electron chi connectivity index (χ4n) is 6.59. The number of amides is 2. The zero-order valence-electron chi connectivity index (χ0n) is 28.2. The number of nitrogens with one attached hydrogen (secondary N) is 2. The van der Waals surface area contributed by atoms with Crippen molar-refractivity contribution < 1.29 is 14.3 Å². The van der Waals surface area contributed by atoms with Crippen molar-refractivity contribution >= 4 is 40.8 Å². The Hall–Kier alpha value is -4.88. The largest absolute Gasteiger partial charge is 0.483 e. The molecule has 2 aliphatic heterocycles. The van der Waals surface area contributed by atoms with Gasteiger partial charge in [0.1, 0.15) is 11.1 Å². The molecule has 1 aliphatic carbocycles. The van der Waals surface area contributed by atoms with E-state index in [9.17, 15) is 9.59 Å². The highest BCUT2D eigenvalue weighted by atomic mass is 32.2. The number of fused-ring (bicyclic) bond motifs is 1. The van der Waals surface area contributed by atoms with Gasteiger partial charge in [0.15, 0.2) is 11.7 Å². The van der Waals surface area contributed by atoms with E-state index in [0.29, 0.717) is 51.4 Å². The van der Waals surface area contributed by atoms with Crippen molar-refractivity contribution in [2.75, 3.05) is 46.1 Å². The van der Waals surface area contributed by atoms with Crippen LogP contribution < -0.4 is 11.1 Å². The quantitative estimate of drug-likeness (QED) is 0.205. The molecule has 0 spiro atoms. The van der Waals surface area contributed by atoms with Crippen molar-refractivity contribution in [1.29, 1.82) is 0 Å². The highest BCUT2D eigenvalue weighted by molar-refractivity contribution is 8.00. The first-order valence-corrected chi connectivity index (χ1v) is 17.6. The maximum Gasteiger partial charge on any atom is 0.238 e. The van der Waals surface area contributed by atoms with Crippen molar-refractivity contribution in [3.05, 3.63) is 95.9 Å². The molecule has 1 unspecified atom stereocenters. The lowest BCUT2D eigenvalue weighted by Crippen LogP contribution is -2.50. The molecule has 0 radical (unpaired) electrons. The molecule has 13 heteroatoms. The SMILES string of the molecule is C=C/C=C(\C=C(/N)OC)c1n[nH]c2c1CC(NC(=O)[C@]1(SC)CCN(CC(=O)N3CC=C(c4ccc(-c5ncn(C)n5)cc4)CC3)C1)C=C2. The number of thioether (sulfide) groups is 1. The van der Waals surface area contributed by atoms with Gasteiger partial charge in [-0.2, -0.15) is 10.2 Å². The lowest BCUT2D eigenvalue weighted by atomic mass is 9.94. The summed E-state index contributed by atoms with van der Waals surface area (Å²) < 4.78 is 6.20. The molecule has 4 heterocycles. The molecule has 2 amide bonds. The lowest BCUT2D eigenvalue weighted by molar-refractivity contribution is -0.132. The number of hydrogen-bond acceptors (Lipinski definition) is 9. The summed E-state index contributed by atoms with van der Waals surface area (Å²) in [7, 11) is 3.37. The van der Waals surface area contributed by atoms with E-state index in [1.165, 1.54) is 12.7 Å². The molecule has 3 aromatic rings. The van der Waals surface area contributed by atoms with Gasteiger partial charge in [-0.15, -0.1) is 11.8 Å². The van der Waals surface area contributed by atoms with Gasteiger partial charge in [-0.3, -0.25) is 24.3 Å². The van der Waals surface area contributed by atoms with Crippen LogP contribution in [0.25, 0.3) is 28.6 Å². The van der Waals surface area contributed by atoms with Gasteiger partial charge in [0, 0.05) is 62.4 Å². The van der Waals surface area contributed by atoms with E-state index in [1.54, 1.807) is 34.9 Å². The Balaban J connectivity index is 1.03. The van der Waals surface area contributed by atoms with Crippen LogP contribution in [0, 0.1) is 0 Å². The highest BCUT2D eigenvalue weighted by Crippen LogP contribution is 2.35. The molecule has 0 bridgehead atoms. The molecule has 1 aromatic carbocycles. The summed E-state index contributed by atoms with van der Waals surface area (Å²) in [6.45, 7) is 6.56. The van der Waals surface area contributed by atoms with Crippen molar-refractivity contribution in [3.63, 3.8) is 0 Å². The van der Waals surface area contributed by atoms with E-state index in [2.05, 4.69) is 55.3 Å². The number of carbonyl (C=O) groups excluding carboxylic acids is 2. The van der Waals surface area contributed by atoms with Gasteiger partial charge < -0.3 is 20.7 Å². The van der Waals surface area contributed by atoms with Gasteiger partial charge in [0.2, 0.25) is 11.8 Å². The van der Waals surface area contributed by atoms with Gasteiger partial charge in [-0.05, 0) is 36.3 Å². The summed E-state index contributed by atoms with van der Waals surface area (Å²) in [5.41, 5.74) is 12.7. The molecule has 4 N–H and O–H groups in total. The Morgan fingerprint density at radius 3 is 2.71 bits per heavy atom. The molecule has 1 fully saturated rings. The zero-order chi connectivity index (χ0) is 34.5. The highest BCUT2D eigenvalue weighted by Gasteiger charge is 2.45. The zero-order valence-corrected chi connectivity index (χ0v) is 29.0. The van der Waals surface area contributed by atoms with Gasteiger partial charge in [-0.1, -0.05) is 55.1 Å². The van der Waals surface area contributed by atoms with E-state index in [1.807, 2.05) is 48.6 Å².